The van der Waals surface area contributed by atoms with Crippen LogP contribution in [0.25, 0.3) is 0 Å². The van der Waals surface area contributed by atoms with E-state index in [1.165, 1.54) is 4.31 Å². The summed E-state index contributed by atoms with van der Waals surface area (Å²) in [6.45, 7) is 5.20. The third kappa shape index (κ3) is 4.06. The fraction of sp³-hybridized carbons (Fsp3) is 1.00. The molecule has 0 aromatic heterocycles. The molecule has 2 N–H and O–H groups in total. The van der Waals surface area contributed by atoms with Crippen LogP contribution in [0.5, 0.6) is 0 Å². The van der Waals surface area contributed by atoms with Gasteiger partial charge in [-0.15, -0.1) is 0 Å². The molecule has 0 radical (unpaired) electrons. The second kappa shape index (κ2) is 5.25. The maximum atomic E-state index is 11.7. The van der Waals surface area contributed by atoms with E-state index < -0.39 is 10.2 Å². The van der Waals surface area contributed by atoms with Gasteiger partial charge < -0.3 is 5.11 Å². The second-order valence-corrected chi connectivity index (χ2v) is 6.13. The van der Waals surface area contributed by atoms with E-state index in [0.29, 0.717) is 38.4 Å². The maximum absolute atomic E-state index is 11.7. The Labute approximate surface area is 91.7 Å². The minimum Gasteiger partial charge on any atom is -0.393 e. The molecule has 1 heterocycles. The van der Waals surface area contributed by atoms with Crippen molar-refractivity contribution in [3.05, 3.63) is 0 Å². The number of piperidine rings is 1. The number of hydrogen-bond acceptors (Lipinski definition) is 3. The minimum atomic E-state index is -3.33. The zero-order valence-corrected chi connectivity index (χ0v) is 10.1. The Hall–Kier alpha value is -0.170. The first-order chi connectivity index (χ1) is 6.92. The van der Waals surface area contributed by atoms with Gasteiger partial charge in [-0.1, -0.05) is 13.8 Å². The summed E-state index contributed by atoms with van der Waals surface area (Å²) in [5.74, 6) is 0.301. The highest BCUT2D eigenvalue weighted by Gasteiger charge is 2.26. The predicted octanol–water partition coefficient (Wildman–Crippen LogP) is -0.0665. The number of aliphatic hydroxyl groups is 1. The van der Waals surface area contributed by atoms with Crippen molar-refractivity contribution in [2.45, 2.75) is 32.8 Å². The summed E-state index contributed by atoms with van der Waals surface area (Å²) < 4.78 is 27.4. The predicted molar refractivity (Wildman–Crippen MR) is 58.6 cm³/mol. The lowest BCUT2D eigenvalue weighted by molar-refractivity contribution is 0.112. The summed E-state index contributed by atoms with van der Waals surface area (Å²) in [6.07, 6.45) is 0.715. The van der Waals surface area contributed by atoms with Crippen molar-refractivity contribution in [1.82, 2.24) is 9.03 Å². The average Bonchev–Trinajstić information content (AvgIpc) is 2.16. The van der Waals surface area contributed by atoms with Gasteiger partial charge in [-0.2, -0.15) is 12.7 Å². The highest BCUT2D eigenvalue weighted by Crippen LogP contribution is 2.12. The molecular formula is C9H20N2O3S. The molecule has 0 saturated carbocycles. The van der Waals surface area contributed by atoms with E-state index in [2.05, 4.69) is 4.72 Å². The Kier molecular flexibility index (Phi) is 4.51. The van der Waals surface area contributed by atoms with Crippen LogP contribution in [0, 0.1) is 5.92 Å². The molecule has 0 bridgehead atoms. The van der Waals surface area contributed by atoms with Crippen molar-refractivity contribution in [3.63, 3.8) is 0 Å². The fourth-order valence-electron chi connectivity index (χ4n) is 1.45. The number of aliphatic hydroxyl groups excluding tert-OH is 1. The molecule has 0 spiro atoms. The molecule has 0 aliphatic carbocycles. The van der Waals surface area contributed by atoms with Gasteiger partial charge in [-0.05, 0) is 18.8 Å². The Balaban J connectivity index is 2.47. The molecule has 0 amide bonds. The smallest absolute Gasteiger partial charge is 0.279 e. The van der Waals surface area contributed by atoms with Crippen LogP contribution in [0.15, 0.2) is 0 Å². The van der Waals surface area contributed by atoms with E-state index in [1.807, 2.05) is 13.8 Å². The molecule has 0 aromatic rings. The zero-order valence-electron chi connectivity index (χ0n) is 9.31. The third-order valence-corrected chi connectivity index (χ3v) is 4.01. The number of nitrogens with zero attached hydrogens (tertiary/aromatic N) is 1. The molecule has 15 heavy (non-hydrogen) atoms. The van der Waals surface area contributed by atoms with Gasteiger partial charge in [0, 0.05) is 19.6 Å². The van der Waals surface area contributed by atoms with E-state index in [-0.39, 0.29) is 6.10 Å². The molecule has 0 atom stereocenters. The van der Waals surface area contributed by atoms with Crippen molar-refractivity contribution < 1.29 is 13.5 Å². The summed E-state index contributed by atoms with van der Waals surface area (Å²) in [7, 11) is -3.33. The highest BCUT2D eigenvalue weighted by atomic mass is 32.2. The van der Waals surface area contributed by atoms with E-state index in [4.69, 9.17) is 0 Å². The molecule has 1 fully saturated rings. The zero-order chi connectivity index (χ0) is 11.5. The second-order valence-electron chi connectivity index (χ2n) is 4.38. The Morgan fingerprint density at radius 3 is 2.40 bits per heavy atom. The van der Waals surface area contributed by atoms with Crippen LogP contribution in [0.4, 0.5) is 0 Å². The number of rotatable bonds is 4. The van der Waals surface area contributed by atoms with Gasteiger partial charge in [0.2, 0.25) is 0 Å². The maximum Gasteiger partial charge on any atom is 0.279 e. The van der Waals surface area contributed by atoms with Crippen molar-refractivity contribution in [3.8, 4) is 0 Å². The van der Waals surface area contributed by atoms with Gasteiger partial charge in [-0.3, -0.25) is 0 Å². The van der Waals surface area contributed by atoms with Gasteiger partial charge in [-0.25, -0.2) is 4.72 Å². The van der Waals surface area contributed by atoms with Crippen LogP contribution < -0.4 is 4.72 Å². The molecule has 1 saturated heterocycles. The highest BCUT2D eigenvalue weighted by molar-refractivity contribution is 7.87. The first-order valence-corrected chi connectivity index (χ1v) is 6.78. The standard InChI is InChI=1S/C9H20N2O3S/c1-8(2)7-10-15(13,14)11-5-3-9(12)4-6-11/h8-10,12H,3-7H2,1-2H3. The molecule has 0 unspecified atom stereocenters. The van der Waals surface area contributed by atoms with Gasteiger partial charge >= 0.3 is 0 Å². The summed E-state index contributed by atoms with van der Waals surface area (Å²) in [4.78, 5) is 0. The average molecular weight is 236 g/mol. The van der Waals surface area contributed by atoms with E-state index in [1.54, 1.807) is 0 Å². The molecule has 6 heteroatoms. The van der Waals surface area contributed by atoms with Crippen LogP contribution in [0.3, 0.4) is 0 Å². The van der Waals surface area contributed by atoms with Gasteiger partial charge in [0.25, 0.3) is 10.2 Å². The van der Waals surface area contributed by atoms with Crippen LogP contribution in [-0.4, -0.2) is 43.6 Å². The van der Waals surface area contributed by atoms with Crippen LogP contribution in [0.1, 0.15) is 26.7 Å². The summed E-state index contributed by atoms with van der Waals surface area (Å²) in [6, 6.07) is 0. The summed E-state index contributed by atoms with van der Waals surface area (Å²) in [5, 5.41) is 9.27. The topological polar surface area (TPSA) is 69.6 Å². The van der Waals surface area contributed by atoms with Crippen LogP contribution in [0.2, 0.25) is 0 Å². The lowest BCUT2D eigenvalue weighted by atomic mass is 10.1. The molecule has 0 aromatic carbocycles. The molecular weight excluding hydrogens is 216 g/mol. The van der Waals surface area contributed by atoms with Gasteiger partial charge in [0.05, 0.1) is 6.10 Å². The third-order valence-electron chi connectivity index (χ3n) is 2.44. The molecule has 90 valence electrons. The normalized spacial score (nSPS) is 21.1. The Morgan fingerprint density at radius 1 is 1.40 bits per heavy atom. The molecule has 5 nitrogen and oxygen atoms in total. The van der Waals surface area contributed by atoms with Gasteiger partial charge in [0.1, 0.15) is 0 Å². The Morgan fingerprint density at radius 2 is 1.93 bits per heavy atom. The van der Waals surface area contributed by atoms with Crippen LogP contribution in [-0.2, 0) is 10.2 Å². The van der Waals surface area contributed by atoms with E-state index >= 15 is 0 Å². The van der Waals surface area contributed by atoms with Crippen molar-refractivity contribution in [2.75, 3.05) is 19.6 Å². The first-order valence-electron chi connectivity index (χ1n) is 5.34. The van der Waals surface area contributed by atoms with Crippen LogP contribution >= 0.6 is 0 Å². The van der Waals surface area contributed by atoms with E-state index in [9.17, 15) is 13.5 Å². The van der Waals surface area contributed by atoms with Crippen molar-refractivity contribution in [1.29, 1.82) is 0 Å². The largest absolute Gasteiger partial charge is 0.393 e. The summed E-state index contributed by atoms with van der Waals surface area (Å²) >= 11 is 0. The first kappa shape index (κ1) is 12.9. The fourth-order valence-corrected chi connectivity index (χ4v) is 2.86. The number of hydrogen-bond donors (Lipinski definition) is 2. The Bertz CT molecular complexity index is 282. The quantitative estimate of drug-likeness (QED) is 0.718. The molecule has 1 aliphatic rings. The monoisotopic (exact) mass is 236 g/mol. The summed E-state index contributed by atoms with van der Waals surface area (Å²) in [5.41, 5.74) is 0. The lowest BCUT2D eigenvalue weighted by Gasteiger charge is -2.28. The lowest BCUT2D eigenvalue weighted by Crippen LogP contribution is -2.46. The molecule has 1 aliphatic heterocycles. The van der Waals surface area contributed by atoms with Gasteiger partial charge in [0.15, 0.2) is 0 Å². The number of nitrogens with one attached hydrogen (secondary N) is 1. The minimum absolute atomic E-state index is 0.301. The SMILES string of the molecule is CC(C)CNS(=O)(=O)N1CCC(O)CC1. The van der Waals surface area contributed by atoms with Crippen molar-refractivity contribution >= 4 is 10.2 Å². The molecule has 1 rings (SSSR count). The van der Waals surface area contributed by atoms with E-state index in [0.717, 1.165) is 0 Å². The van der Waals surface area contributed by atoms with Crippen molar-refractivity contribution in [2.24, 2.45) is 5.92 Å².